The Labute approximate surface area is 119 Å². The average Bonchev–Trinajstić information content (AvgIpc) is 2.99. The van der Waals surface area contributed by atoms with E-state index in [4.69, 9.17) is 0 Å². The molecule has 1 aromatic heterocycles. The lowest BCUT2D eigenvalue weighted by atomic mass is 10.0. The zero-order valence-electron chi connectivity index (χ0n) is 11.6. The lowest BCUT2D eigenvalue weighted by Crippen LogP contribution is -2.18. The second-order valence-electron chi connectivity index (χ2n) is 4.90. The second-order valence-corrected chi connectivity index (χ2v) is 6.20. The summed E-state index contributed by atoms with van der Waals surface area (Å²) in [7, 11) is 0. The van der Waals surface area contributed by atoms with Crippen LogP contribution in [0.25, 0.3) is 0 Å². The highest BCUT2D eigenvalue weighted by atomic mass is 32.2. The first-order valence-electron chi connectivity index (χ1n) is 6.30. The molecule has 100 valence electrons. The molecule has 0 radical (unpaired) electrons. The third-order valence-electron chi connectivity index (χ3n) is 3.61. The Hall–Kier alpha value is -1.42. The van der Waals surface area contributed by atoms with Gasteiger partial charge < -0.3 is 0 Å². The van der Waals surface area contributed by atoms with E-state index in [2.05, 4.69) is 48.5 Å². The first-order valence-corrected chi connectivity index (χ1v) is 7.35. The standard InChI is InChI=1S/C15H19N3S/c1-11-8-13-14(18-9-11)15(13,3)12(2)19-10-17-7-5-6-16-4/h5-9,12H,4,10H2,1-3H3/b6-5-,17-7-. The summed E-state index contributed by atoms with van der Waals surface area (Å²) in [4.78, 5) is 12.5. The highest BCUT2D eigenvalue weighted by Gasteiger charge is 2.52. The van der Waals surface area contributed by atoms with Crippen LogP contribution < -0.4 is 0 Å². The summed E-state index contributed by atoms with van der Waals surface area (Å²) in [6.07, 6.45) is 7.13. The van der Waals surface area contributed by atoms with Crippen LogP contribution in [0.2, 0.25) is 0 Å². The number of aryl methyl sites for hydroxylation is 1. The van der Waals surface area contributed by atoms with Crippen LogP contribution >= 0.6 is 11.8 Å². The van der Waals surface area contributed by atoms with Crippen molar-refractivity contribution >= 4 is 24.7 Å². The van der Waals surface area contributed by atoms with E-state index in [9.17, 15) is 0 Å². The summed E-state index contributed by atoms with van der Waals surface area (Å²) in [6, 6.07) is 2.25. The van der Waals surface area contributed by atoms with Crippen LogP contribution in [-0.2, 0) is 5.41 Å². The zero-order valence-corrected chi connectivity index (χ0v) is 12.4. The molecule has 3 nitrogen and oxygen atoms in total. The average molecular weight is 273 g/mol. The van der Waals surface area contributed by atoms with Crippen LogP contribution in [0.4, 0.5) is 0 Å². The summed E-state index contributed by atoms with van der Waals surface area (Å²) >= 11 is 1.85. The predicted molar refractivity (Wildman–Crippen MR) is 84.5 cm³/mol. The first-order chi connectivity index (χ1) is 9.10. The summed E-state index contributed by atoms with van der Waals surface area (Å²) in [5.41, 5.74) is 4.01. The molecule has 0 spiro atoms. The molecule has 2 rings (SSSR count). The van der Waals surface area contributed by atoms with Crippen molar-refractivity contribution in [2.24, 2.45) is 9.98 Å². The summed E-state index contributed by atoms with van der Waals surface area (Å²) in [6.45, 7) is 9.98. The molecule has 2 unspecified atom stereocenters. The van der Waals surface area contributed by atoms with Crippen molar-refractivity contribution in [2.45, 2.75) is 31.4 Å². The normalized spacial score (nSPS) is 22.7. The minimum Gasteiger partial charge on any atom is -0.282 e. The molecule has 0 amide bonds. The number of fused-ring (bicyclic) bond motifs is 1. The third-order valence-corrected chi connectivity index (χ3v) is 4.88. The van der Waals surface area contributed by atoms with Crippen molar-refractivity contribution in [3.63, 3.8) is 0 Å². The number of nitrogens with zero attached hydrogens (tertiary/aromatic N) is 3. The number of aromatic nitrogens is 1. The fraction of sp³-hybridized carbons (Fsp3) is 0.400. The first kappa shape index (κ1) is 14.0. The Morgan fingerprint density at radius 1 is 1.58 bits per heavy atom. The number of thioether (sulfide) groups is 1. The van der Waals surface area contributed by atoms with Crippen LogP contribution in [0.15, 0.2) is 34.5 Å². The third kappa shape index (κ3) is 2.78. The highest BCUT2D eigenvalue weighted by Crippen LogP contribution is 2.54. The van der Waals surface area contributed by atoms with E-state index in [-0.39, 0.29) is 5.41 Å². The quantitative estimate of drug-likeness (QED) is 0.745. The number of rotatable bonds is 6. The van der Waals surface area contributed by atoms with Gasteiger partial charge in [-0.25, -0.2) is 0 Å². The molecule has 0 aromatic carbocycles. The van der Waals surface area contributed by atoms with Gasteiger partial charge in [0.05, 0.1) is 11.6 Å². The molecule has 0 bridgehead atoms. The van der Waals surface area contributed by atoms with Gasteiger partial charge in [-0.1, -0.05) is 13.0 Å². The van der Waals surface area contributed by atoms with E-state index in [1.165, 1.54) is 16.8 Å². The summed E-state index contributed by atoms with van der Waals surface area (Å²) in [5, 5.41) is 0.482. The summed E-state index contributed by atoms with van der Waals surface area (Å²) < 4.78 is 0. The molecule has 1 aliphatic rings. The molecule has 0 saturated heterocycles. The highest BCUT2D eigenvalue weighted by molar-refractivity contribution is 7.99. The molecule has 1 aliphatic carbocycles. The number of pyridine rings is 1. The molecule has 2 atom stereocenters. The van der Waals surface area contributed by atoms with Gasteiger partial charge in [0.1, 0.15) is 0 Å². The second kappa shape index (κ2) is 5.70. The van der Waals surface area contributed by atoms with Crippen molar-refractivity contribution in [3.05, 3.63) is 41.4 Å². The lowest BCUT2D eigenvalue weighted by molar-refractivity contribution is 0.675. The van der Waals surface area contributed by atoms with E-state index < -0.39 is 0 Å². The van der Waals surface area contributed by atoms with Gasteiger partial charge in [-0.15, -0.1) is 11.8 Å². The fourth-order valence-electron chi connectivity index (χ4n) is 2.19. The van der Waals surface area contributed by atoms with Crippen molar-refractivity contribution in [1.29, 1.82) is 0 Å². The fourth-order valence-corrected chi connectivity index (χ4v) is 3.15. The molecule has 0 saturated carbocycles. The van der Waals surface area contributed by atoms with E-state index in [0.717, 1.165) is 5.88 Å². The van der Waals surface area contributed by atoms with Gasteiger partial charge in [0.15, 0.2) is 0 Å². The Kier molecular flexibility index (Phi) is 4.20. The largest absolute Gasteiger partial charge is 0.282 e. The van der Waals surface area contributed by atoms with Gasteiger partial charge in [0.25, 0.3) is 0 Å². The Morgan fingerprint density at radius 3 is 3.05 bits per heavy atom. The van der Waals surface area contributed by atoms with Crippen LogP contribution in [0.3, 0.4) is 0 Å². The lowest BCUT2D eigenvalue weighted by Gasteiger charge is -2.17. The Bertz CT molecular complexity index is 536. The van der Waals surface area contributed by atoms with E-state index >= 15 is 0 Å². The van der Waals surface area contributed by atoms with Crippen LogP contribution in [-0.4, -0.2) is 29.0 Å². The number of allylic oxidation sites excluding steroid dienone is 1. The van der Waals surface area contributed by atoms with Gasteiger partial charge in [-0.2, -0.15) is 0 Å². The molecule has 1 aromatic rings. The van der Waals surface area contributed by atoms with Crippen LogP contribution in [0.1, 0.15) is 30.7 Å². The van der Waals surface area contributed by atoms with Gasteiger partial charge in [-0.05, 0) is 37.8 Å². The molecule has 0 fully saturated rings. The number of hydrogen-bond acceptors (Lipinski definition) is 4. The van der Waals surface area contributed by atoms with Crippen molar-refractivity contribution in [3.8, 4) is 0 Å². The molecular formula is C15H19N3S. The maximum Gasteiger partial charge on any atom is 0.0846 e. The Balaban J connectivity index is 1.89. The molecule has 4 heteroatoms. The smallest absolute Gasteiger partial charge is 0.0846 e. The van der Waals surface area contributed by atoms with Gasteiger partial charge in [0, 0.05) is 29.3 Å². The number of aliphatic imine (C=N–C) groups is 2. The molecular weight excluding hydrogens is 254 g/mol. The van der Waals surface area contributed by atoms with E-state index in [1.54, 1.807) is 18.5 Å². The van der Waals surface area contributed by atoms with Crippen LogP contribution in [0.5, 0.6) is 0 Å². The summed E-state index contributed by atoms with van der Waals surface area (Å²) in [5.74, 6) is 0.755. The Morgan fingerprint density at radius 2 is 2.37 bits per heavy atom. The number of hydrogen-bond donors (Lipinski definition) is 0. The molecule has 1 heterocycles. The van der Waals surface area contributed by atoms with Gasteiger partial charge >= 0.3 is 0 Å². The monoisotopic (exact) mass is 273 g/mol. The molecule has 19 heavy (non-hydrogen) atoms. The van der Waals surface area contributed by atoms with Crippen molar-refractivity contribution in [2.75, 3.05) is 5.88 Å². The van der Waals surface area contributed by atoms with Gasteiger partial charge in [-0.3, -0.25) is 15.0 Å². The minimum atomic E-state index is 0.132. The predicted octanol–water partition coefficient (Wildman–Crippen LogP) is 3.37. The van der Waals surface area contributed by atoms with E-state index in [0.29, 0.717) is 5.25 Å². The maximum absolute atomic E-state index is 4.53. The van der Waals surface area contributed by atoms with Crippen molar-refractivity contribution < 1.29 is 0 Å². The van der Waals surface area contributed by atoms with Gasteiger partial charge in [0.2, 0.25) is 0 Å². The maximum atomic E-state index is 4.53. The SMILES string of the molecule is C=N/C=C\C=N/CSC(C)C1(C)c2cc(C)cnc21. The minimum absolute atomic E-state index is 0.132. The molecule has 0 aliphatic heterocycles. The van der Waals surface area contributed by atoms with E-state index in [1.807, 2.05) is 18.0 Å². The molecule has 0 N–H and O–H groups in total. The topological polar surface area (TPSA) is 37.6 Å². The zero-order chi connectivity index (χ0) is 13.9. The van der Waals surface area contributed by atoms with Crippen molar-refractivity contribution in [1.82, 2.24) is 4.98 Å². The van der Waals surface area contributed by atoms with Crippen LogP contribution in [0, 0.1) is 6.92 Å².